The molecule has 0 aliphatic carbocycles. The third-order valence-electron chi connectivity index (χ3n) is 5.08. The first-order valence-electron chi connectivity index (χ1n) is 8.93. The van der Waals surface area contributed by atoms with Gasteiger partial charge in [0.05, 0.1) is 28.9 Å². The second-order valence-corrected chi connectivity index (χ2v) is 6.89. The van der Waals surface area contributed by atoms with E-state index in [0.717, 1.165) is 18.3 Å². The molecule has 2 aliphatic rings. The molecular formula is C19H15F3N4O4. The molecule has 1 fully saturated rings. The largest absolute Gasteiger partial charge is 0.478 e. The van der Waals surface area contributed by atoms with Gasteiger partial charge in [0.15, 0.2) is 5.82 Å². The average Bonchev–Trinajstić information content (AvgIpc) is 2.72. The van der Waals surface area contributed by atoms with Gasteiger partial charge in [0.25, 0.3) is 5.91 Å². The van der Waals surface area contributed by atoms with Crippen molar-refractivity contribution < 1.29 is 32.7 Å². The number of carbonyl (C=O) groups is 3. The molecule has 0 bridgehead atoms. The Morgan fingerprint density at radius 3 is 2.63 bits per heavy atom. The number of nitrogens with one attached hydrogen (secondary N) is 1. The van der Waals surface area contributed by atoms with Gasteiger partial charge in [-0.05, 0) is 18.2 Å². The molecule has 1 saturated heterocycles. The van der Waals surface area contributed by atoms with E-state index in [2.05, 4.69) is 10.3 Å². The van der Waals surface area contributed by atoms with Crippen LogP contribution in [0.1, 0.15) is 26.3 Å². The molecule has 1 unspecified atom stereocenters. The minimum absolute atomic E-state index is 0.0800. The van der Waals surface area contributed by atoms with E-state index >= 15 is 0 Å². The molecule has 0 saturated carbocycles. The normalized spacial score (nSPS) is 18.4. The summed E-state index contributed by atoms with van der Waals surface area (Å²) in [7, 11) is 0. The van der Waals surface area contributed by atoms with Gasteiger partial charge in [-0.3, -0.25) is 9.59 Å². The third kappa shape index (κ3) is 3.31. The van der Waals surface area contributed by atoms with Crippen molar-refractivity contribution in [3.8, 4) is 0 Å². The Hall–Kier alpha value is -3.63. The molecule has 2 amide bonds. The first-order valence-corrected chi connectivity index (χ1v) is 8.93. The molecule has 1 aromatic carbocycles. The van der Waals surface area contributed by atoms with E-state index in [9.17, 15) is 27.6 Å². The summed E-state index contributed by atoms with van der Waals surface area (Å²) in [6.45, 7) is 0.111. The number of aromatic nitrogens is 1. The molecule has 2 aliphatic heterocycles. The molecule has 3 heterocycles. The van der Waals surface area contributed by atoms with E-state index in [4.69, 9.17) is 5.11 Å². The second kappa shape index (κ2) is 7.01. The van der Waals surface area contributed by atoms with Gasteiger partial charge < -0.3 is 20.2 Å². The predicted molar refractivity (Wildman–Crippen MR) is 98.3 cm³/mol. The quantitative estimate of drug-likeness (QED) is 0.771. The van der Waals surface area contributed by atoms with Crippen LogP contribution in [0.5, 0.6) is 0 Å². The zero-order valence-electron chi connectivity index (χ0n) is 15.3. The standard InChI is InChI=1S/C19H15F3N4O4/c20-19(21,22)12-4-2-1-3-11(12)17(28)25-5-6-26-14(9-25)16(27)24-13-7-10(18(29)30)8-23-15(13)26/h1-4,7-8,14H,5-6,9H2,(H,24,27)(H,29,30). The summed E-state index contributed by atoms with van der Waals surface area (Å²) in [5.41, 5.74) is -1.36. The molecule has 0 spiro atoms. The first kappa shape index (κ1) is 19.7. The lowest BCUT2D eigenvalue weighted by Crippen LogP contribution is -2.61. The smallest absolute Gasteiger partial charge is 0.417 e. The van der Waals surface area contributed by atoms with Gasteiger partial charge in [-0.2, -0.15) is 13.2 Å². The number of aromatic carboxylic acids is 1. The van der Waals surface area contributed by atoms with E-state index in [0.29, 0.717) is 5.82 Å². The van der Waals surface area contributed by atoms with E-state index < -0.39 is 41.1 Å². The second-order valence-electron chi connectivity index (χ2n) is 6.89. The molecule has 11 heteroatoms. The number of carboxylic acid groups (broad SMARTS) is 1. The fourth-order valence-electron chi connectivity index (χ4n) is 3.64. The number of amides is 2. The summed E-state index contributed by atoms with van der Waals surface area (Å²) >= 11 is 0. The maximum atomic E-state index is 13.3. The SMILES string of the molecule is O=C(O)c1cnc2c(c1)NC(=O)C1CN(C(=O)c3ccccc3C(F)(F)F)CCN21. The fourth-order valence-corrected chi connectivity index (χ4v) is 3.64. The molecular weight excluding hydrogens is 405 g/mol. The van der Waals surface area contributed by atoms with E-state index in [1.165, 1.54) is 23.1 Å². The zero-order chi connectivity index (χ0) is 21.6. The molecule has 1 atom stereocenters. The minimum Gasteiger partial charge on any atom is -0.478 e. The van der Waals surface area contributed by atoms with Crippen LogP contribution in [0.15, 0.2) is 36.5 Å². The number of fused-ring (bicyclic) bond motifs is 3. The van der Waals surface area contributed by atoms with Crippen molar-refractivity contribution in [1.82, 2.24) is 9.88 Å². The van der Waals surface area contributed by atoms with Crippen LogP contribution in [-0.4, -0.2) is 58.5 Å². The van der Waals surface area contributed by atoms with Crippen LogP contribution in [0.2, 0.25) is 0 Å². The van der Waals surface area contributed by atoms with Gasteiger partial charge in [-0.15, -0.1) is 0 Å². The van der Waals surface area contributed by atoms with Crippen LogP contribution in [0.3, 0.4) is 0 Å². The average molecular weight is 420 g/mol. The summed E-state index contributed by atoms with van der Waals surface area (Å²) < 4.78 is 39.8. The summed E-state index contributed by atoms with van der Waals surface area (Å²) in [6, 6.07) is 4.96. The Labute approximate surface area is 167 Å². The number of carbonyl (C=O) groups excluding carboxylic acids is 2. The van der Waals surface area contributed by atoms with Gasteiger partial charge in [0.1, 0.15) is 6.04 Å². The van der Waals surface area contributed by atoms with E-state index in [-0.39, 0.29) is 30.9 Å². The van der Waals surface area contributed by atoms with Crippen LogP contribution in [-0.2, 0) is 11.0 Å². The number of alkyl halides is 3. The Balaban J connectivity index is 1.60. The van der Waals surface area contributed by atoms with Gasteiger partial charge in [-0.1, -0.05) is 12.1 Å². The van der Waals surface area contributed by atoms with Crippen LogP contribution in [0, 0.1) is 0 Å². The van der Waals surface area contributed by atoms with Crippen LogP contribution < -0.4 is 10.2 Å². The van der Waals surface area contributed by atoms with Gasteiger partial charge in [0, 0.05) is 19.3 Å². The van der Waals surface area contributed by atoms with Crippen molar-refractivity contribution in [2.75, 3.05) is 29.9 Å². The molecule has 8 nitrogen and oxygen atoms in total. The highest BCUT2D eigenvalue weighted by Gasteiger charge is 2.41. The first-order chi connectivity index (χ1) is 14.2. The van der Waals surface area contributed by atoms with Crippen molar-refractivity contribution in [1.29, 1.82) is 0 Å². The lowest BCUT2D eigenvalue weighted by molar-refractivity contribution is -0.138. The lowest BCUT2D eigenvalue weighted by atomic mass is 10.0. The van der Waals surface area contributed by atoms with Crippen LogP contribution >= 0.6 is 0 Å². The van der Waals surface area contributed by atoms with Crippen molar-refractivity contribution in [2.24, 2.45) is 0 Å². The van der Waals surface area contributed by atoms with Crippen LogP contribution in [0.4, 0.5) is 24.7 Å². The maximum Gasteiger partial charge on any atom is 0.417 e. The Morgan fingerprint density at radius 2 is 1.93 bits per heavy atom. The number of benzene rings is 1. The van der Waals surface area contributed by atoms with E-state index in [1.807, 2.05) is 0 Å². The highest BCUT2D eigenvalue weighted by Crippen LogP contribution is 2.35. The lowest BCUT2D eigenvalue weighted by Gasteiger charge is -2.44. The van der Waals surface area contributed by atoms with E-state index in [1.54, 1.807) is 4.90 Å². The predicted octanol–water partition coefficient (Wildman–Crippen LogP) is 2.08. The van der Waals surface area contributed by atoms with Gasteiger partial charge in [-0.25, -0.2) is 9.78 Å². The number of pyridine rings is 1. The Kier molecular flexibility index (Phi) is 4.60. The number of rotatable bonds is 2. The fraction of sp³-hybridized carbons (Fsp3) is 0.263. The Morgan fingerprint density at radius 1 is 1.20 bits per heavy atom. The summed E-state index contributed by atoms with van der Waals surface area (Å²) in [5.74, 6) is -2.14. The number of nitrogens with zero attached hydrogens (tertiary/aromatic N) is 3. The summed E-state index contributed by atoms with van der Waals surface area (Å²) in [4.78, 5) is 43.4. The van der Waals surface area contributed by atoms with Crippen molar-refractivity contribution in [3.05, 3.63) is 53.2 Å². The number of hydrogen-bond donors (Lipinski definition) is 2. The highest BCUT2D eigenvalue weighted by atomic mass is 19.4. The molecule has 156 valence electrons. The number of hydrogen-bond acceptors (Lipinski definition) is 5. The molecule has 30 heavy (non-hydrogen) atoms. The number of halogens is 3. The minimum atomic E-state index is -4.68. The number of carboxylic acids is 1. The molecule has 2 N–H and O–H groups in total. The Bertz CT molecular complexity index is 1060. The molecule has 1 aromatic heterocycles. The molecule has 4 rings (SSSR count). The highest BCUT2D eigenvalue weighted by molar-refractivity contribution is 6.05. The van der Waals surface area contributed by atoms with Crippen LogP contribution in [0.25, 0.3) is 0 Å². The number of anilines is 2. The van der Waals surface area contributed by atoms with Crippen molar-refractivity contribution >= 4 is 29.3 Å². The molecule has 2 aromatic rings. The topological polar surface area (TPSA) is 103 Å². The summed E-state index contributed by atoms with van der Waals surface area (Å²) in [5, 5.41) is 11.6. The number of piperazine rings is 1. The van der Waals surface area contributed by atoms with Crippen molar-refractivity contribution in [3.63, 3.8) is 0 Å². The monoisotopic (exact) mass is 420 g/mol. The van der Waals surface area contributed by atoms with Gasteiger partial charge in [0.2, 0.25) is 5.91 Å². The summed E-state index contributed by atoms with van der Waals surface area (Å²) in [6.07, 6.45) is -3.52. The maximum absolute atomic E-state index is 13.3. The zero-order valence-corrected chi connectivity index (χ0v) is 15.3. The van der Waals surface area contributed by atoms with Gasteiger partial charge >= 0.3 is 12.1 Å². The molecule has 0 radical (unpaired) electrons. The van der Waals surface area contributed by atoms with Crippen molar-refractivity contribution in [2.45, 2.75) is 12.2 Å². The third-order valence-corrected chi connectivity index (χ3v) is 5.08.